The lowest BCUT2D eigenvalue weighted by Gasteiger charge is -2.20. The van der Waals surface area contributed by atoms with Gasteiger partial charge in [0.2, 0.25) is 0 Å². The topological polar surface area (TPSA) is 76.1 Å². The maximum absolute atomic E-state index is 11.6. The quantitative estimate of drug-likeness (QED) is 0.792. The largest absolute Gasteiger partial charge is 0.481 e. The molecular weight excluding hydrogens is 226 g/mol. The van der Waals surface area contributed by atoms with E-state index in [1.165, 1.54) is 0 Å². The molecule has 0 aromatic heterocycles. The Morgan fingerprint density at radius 1 is 1.65 bits per heavy atom. The van der Waals surface area contributed by atoms with Crippen LogP contribution in [-0.2, 0) is 14.3 Å². The molecule has 0 spiro atoms. The molecule has 2 atom stereocenters. The van der Waals surface area contributed by atoms with Gasteiger partial charge in [0, 0.05) is 6.61 Å². The Balaban J connectivity index is 1.92. The van der Waals surface area contributed by atoms with Crippen LogP contribution in [0.15, 0.2) is 0 Å². The highest BCUT2D eigenvalue weighted by Crippen LogP contribution is 2.27. The molecule has 2 heterocycles. The van der Waals surface area contributed by atoms with E-state index in [9.17, 15) is 9.59 Å². The molecule has 17 heavy (non-hydrogen) atoms. The number of carbonyl (C=O) groups is 2. The Kier molecular flexibility index (Phi) is 3.24. The molecule has 6 heteroatoms. The Labute approximate surface area is 99.5 Å². The van der Waals surface area contributed by atoms with Crippen molar-refractivity contribution in [2.75, 3.05) is 19.7 Å². The fraction of sp³-hybridized carbons (Fsp3) is 0.818. The summed E-state index contributed by atoms with van der Waals surface area (Å²) in [6, 6.07) is 0. The van der Waals surface area contributed by atoms with Gasteiger partial charge < -0.3 is 19.5 Å². The molecule has 0 radical (unpaired) electrons. The first-order chi connectivity index (χ1) is 7.98. The van der Waals surface area contributed by atoms with Crippen molar-refractivity contribution in [3.05, 3.63) is 0 Å². The molecule has 0 saturated carbocycles. The van der Waals surface area contributed by atoms with Gasteiger partial charge in [-0.05, 0) is 19.8 Å². The maximum Gasteiger partial charge on any atom is 0.410 e. The van der Waals surface area contributed by atoms with Crippen LogP contribution < -0.4 is 0 Å². The molecule has 2 fully saturated rings. The van der Waals surface area contributed by atoms with Gasteiger partial charge in [0.05, 0.1) is 25.6 Å². The number of amides is 1. The minimum absolute atomic E-state index is 0.0646. The molecular formula is C11H17NO5. The van der Waals surface area contributed by atoms with E-state index in [0.717, 1.165) is 19.4 Å². The molecule has 0 aromatic carbocycles. The average Bonchev–Trinajstić information content (AvgIpc) is 2.75. The zero-order valence-corrected chi connectivity index (χ0v) is 9.85. The fourth-order valence-electron chi connectivity index (χ4n) is 2.36. The molecule has 1 amide bonds. The van der Waals surface area contributed by atoms with Gasteiger partial charge in [0.25, 0.3) is 0 Å². The number of cyclic esters (lactones) is 1. The zero-order valence-electron chi connectivity index (χ0n) is 9.85. The number of carbonyl (C=O) groups excluding carboxylic acids is 1. The van der Waals surface area contributed by atoms with E-state index >= 15 is 0 Å². The highest BCUT2D eigenvalue weighted by Gasteiger charge is 2.43. The van der Waals surface area contributed by atoms with Crippen molar-refractivity contribution in [2.24, 2.45) is 0 Å². The number of carboxylic acids is 1. The highest BCUT2D eigenvalue weighted by molar-refractivity contribution is 5.74. The van der Waals surface area contributed by atoms with E-state index in [1.807, 2.05) is 0 Å². The lowest BCUT2D eigenvalue weighted by atomic mass is 10.0. The summed E-state index contributed by atoms with van der Waals surface area (Å²) in [5.41, 5.74) is -0.915. The minimum atomic E-state index is -0.959. The fourth-order valence-corrected chi connectivity index (χ4v) is 2.36. The number of hydrogen-bond acceptors (Lipinski definition) is 4. The minimum Gasteiger partial charge on any atom is -0.481 e. The van der Waals surface area contributed by atoms with Crippen LogP contribution in [-0.4, -0.2) is 53.5 Å². The van der Waals surface area contributed by atoms with E-state index in [4.69, 9.17) is 14.6 Å². The second-order valence-electron chi connectivity index (χ2n) is 4.90. The van der Waals surface area contributed by atoms with Gasteiger partial charge in [-0.3, -0.25) is 4.79 Å². The van der Waals surface area contributed by atoms with E-state index in [2.05, 4.69) is 0 Å². The van der Waals surface area contributed by atoms with E-state index in [0.29, 0.717) is 13.1 Å². The van der Waals surface area contributed by atoms with E-state index in [1.54, 1.807) is 11.8 Å². The van der Waals surface area contributed by atoms with Crippen LogP contribution in [0.1, 0.15) is 26.2 Å². The molecule has 2 saturated heterocycles. The van der Waals surface area contributed by atoms with Crippen molar-refractivity contribution in [1.29, 1.82) is 0 Å². The van der Waals surface area contributed by atoms with Crippen molar-refractivity contribution in [2.45, 2.75) is 37.9 Å². The summed E-state index contributed by atoms with van der Waals surface area (Å²) in [5.74, 6) is -0.959. The van der Waals surface area contributed by atoms with Crippen LogP contribution in [0.2, 0.25) is 0 Å². The number of carboxylic acid groups (broad SMARTS) is 1. The Morgan fingerprint density at radius 2 is 2.41 bits per heavy atom. The maximum atomic E-state index is 11.6. The van der Waals surface area contributed by atoms with Crippen LogP contribution in [0.25, 0.3) is 0 Å². The van der Waals surface area contributed by atoms with Gasteiger partial charge in [0.15, 0.2) is 0 Å². The van der Waals surface area contributed by atoms with E-state index in [-0.39, 0.29) is 12.5 Å². The summed E-state index contributed by atoms with van der Waals surface area (Å²) >= 11 is 0. The summed E-state index contributed by atoms with van der Waals surface area (Å²) in [4.78, 5) is 23.8. The van der Waals surface area contributed by atoms with Crippen LogP contribution in [0.5, 0.6) is 0 Å². The molecule has 1 N–H and O–H groups in total. The van der Waals surface area contributed by atoms with E-state index < -0.39 is 17.7 Å². The van der Waals surface area contributed by atoms with Gasteiger partial charge in [-0.2, -0.15) is 0 Å². The summed E-state index contributed by atoms with van der Waals surface area (Å²) in [7, 11) is 0. The number of nitrogens with zero attached hydrogens (tertiary/aromatic N) is 1. The lowest BCUT2D eigenvalue weighted by molar-refractivity contribution is -0.140. The SMILES string of the molecule is CC1(CC(=O)O)CN(CC2CCCO2)C(=O)O1. The highest BCUT2D eigenvalue weighted by atomic mass is 16.6. The third kappa shape index (κ3) is 2.88. The Morgan fingerprint density at radius 3 is 3.00 bits per heavy atom. The molecule has 0 aliphatic carbocycles. The van der Waals surface area contributed by atoms with Crippen LogP contribution in [0.3, 0.4) is 0 Å². The monoisotopic (exact) mass is 243 g/mol. The third-order valence-electron chi connectivity index (χ3n) is 3.09. The Bertz CT molecular complexity index is 326. The Hall–Kier alpha value is -1.30. The normalized spacial score (nSPS) is 32.9. The number of aliphatic carboxylic acids is 1. The van der Waals surface area contributed by atoms with Crippen LogP contribution in [0.4, 0.5) is 4.79 Å². The summed E-state index contributed by atoms with van der Waals surface area (Å²) < 4.78 is 10.6. The van der Waals surface area contributed by atoms with Gasteiger partial charge in [-0.25, -0.2) is 4.79 Å². The first-order valence-electron chi connectivity index (χ1n) is 5.80. The van der Waals surface area contributed by atoms with Crippen molar-refractivity contribution in [3.63, 3.8) is 0 Å². The third-order valence-corrected chi connectivity index (χ3v) is 3.09. The summed E-state index contributed by atoms with van der Waals surface area (Å²) in [6.07, 6.45) is 1.42. The summed E-state index contributed by atoms with van der Waals surface area (Å²) in [6.45, 7) is 3.19. The standard InChI is InChI=1S/C11H17NO5/c1-11(5-9(13)14)7-12(10(15)17-11)6-8-3-2-4-16-8/h8H,2-7H2,1H3,(H,13,14). The van der Waals surface area contributed by atoms with Gasteiger partial charge in [-0.1, -0.05) is 0 Å². The molecule has 2 aliphatic heterocycles. The second-order valence-corrected chi connectivity index (χ2v) is 4.90. The van der Waals surface area contributed by atoms with Crippen LogP contribution >= 0.6 is 0 Å². The first-order valence-corrected chi connectivity index (χ1v) is 5.80. The van der Waals surface area contributed by atoms with Gasteiger partial charge in [-0.15, -0.1) is 0 Å². The molecule has 6 nitrogen and oxygen atoms in total. The molecule has 0 aromatic rings. The average molecular weight is 243 g/mol. The smallest absolute Gasteiger partial charge is 0.410 e. The van der Waals surface area contributed by atoms with Gasteiger partial charge >= 0.3 is 12.1 Å². The lowest BCUT2D eigenvalue weighted by Crippen LogP contribution is -2.37. The molecule has 2 rings (SSSR count). The molecule has 2 aliphatic rings. The van der Waals surface area contributed by atoms with Crippen LogP contribution in [0, 0.1) is 0 Å². The predicted molar refractivity (Wildman–Crippen MR) is 57.7 cm³/mol. The number of rotatable bonds is 4. The molecule has 2 unspecified atom stereocenters. The summed E-state index contributed by atoms with van der Waals surface area (Å²) in [5, 5.41) is 8.76. The van der Waals surface area contributed by atoms with Crippen molar-refractivity contribution in [3.8, 4) is 0 Å². The van der Waals surface area contributed by atoms with Gasteiger partial charge in [0.1, 0.15) is 5.60 Å². The first kappa shape index (κ1) is 12.2. The molecule has 96 valence electrons. The number of ether oxygens (including phenoxy) is 2. The second kappa shape index (κ2) is 4.52. The van der Waals surface area contributed by atoms with Crippen molar-refractivity contribution >= 4 is 12.1 Å². The molecule has 0 bridgehead atoms. The predicted octanol–water partition coefficient (Wildman–Crippen LogP) is 0.851. The number of hydrogen-bond donors (Lipinski definition) is 1. The van der Waals surface area contributed by atoms with Crippen molar-refractivity contribution < 1.29 is 24.2 Å². The zero-order chi connectivity index (χ0) is 12.5. The van der Waals surface area contributed by atoms with Crippen molar-refractivity contribution in [1.82, 2.24) is 4.90 Å².